The summed E-state index contributed by atoms with van der Waals surface area (Å²) in [4.78, 5) is 26.9. The summed E-state index contributed by atoms with van der Waals surface area (Å²) in [5.41, 5.74) is 3.41. The SMILES string of the molecule is Cc1ccc(C)n1CC(=O)N1C[C@H]2C[C@@H](C1)c1cccc(=O)n1C2. The summed E-state index contributed by atoms with van der Waals surface area (Å²) < 4.78 is 3.98. The van der Waals surface area contributed by atoms with Crippen molar-refractivity contribution in [3.8, 4) is 0 Å². The summed E-state index contributed by atoms with van der Waals surface area (Å²) in [6.07, 6.45) is 1.08. The van der Waals surface area contributed by atoms with Crippen LogP contribution in [-0.4, -0.2) is 33.0 Å². The predicted octanol–water partition coefficient (Wildman–Crippen LogP) is 1.91. The quantitative estimate of drug-likeness (QED) is 0.847. The molecule has 4 rings (SSSR count). The lowest BCUT2D eigenvalue weighted by molar-refractivity contribution is -0.134. The Morgan fingerprint density at radius 1 is 1.08 bits per heavy atom. The summed E-state index contributed by atoms with van der Waals surface area (Å²) in [5.74, 6) is 0.841. The number of aryl methyl sites for hydroxylation is 2. The monoisotopic (exact) mass is 325 g/mol. The van der Waals surface area contributed by atoms with Crippen molar-refractivity contribution in [3.05, 3.63) is 57.8 Å². The van der Waals surface area contributed by atoms with Crippen molar-refractivity contribution >= 4 is 5.91 Å². The summed E-state index contributed by atoms with van der Waals surface area (Å²) in [5, 5.41) is 0. The van der Waals surface area contributed by atoms with E-state index in [1.165, 1.54) is 0 Å². The van der Waals surface area contributed by atoms with Gasteiger partial charge in [0.15, 0.2) is 0 Å². The van der Waals surface area contributed by atoms with Crippen molar-refractivity contribution in [3.63, 3.8) is 0 Å². The molecule has 1 saturated heterocycles. The van der Waals surface area contributed by atoms with Crippen molar-refractivity contribution in [2.45, 2.75) is 39.3 Å². The van der Waals surface area contributed by atoms with Crippen molar-refractivity contribution in [2.75, 3.05) is 13.1 Å². The van der Waals surface area contributed by atoms with Crippen LogP contribution in [0.15, 0.2) is 35.1 Å². The van der Waals surface area contributed by atoms with Crippen LogP contribution in [0, 0.1) is 19.8 Å². The fraction of sp³-hybridized carbons (Fsp3) is 0.474. The Kier molecular flexibility index (Phi) is 3.59. The Labute approximate surface area is 141 Å². The second kappa shape index (κ2) is 5.65. The van der Waals surface area contributed by atoms with E-state index in [4.69, 9.17) is 0 Å². The molecule has 0 aliphatic carbocycles. The van der Waals surface area contributed by atoms with E-state index < -0.39 is 0 Å². The molecule has 0 unspecified atom stereocenters. The number of likely N-dealkylation sites (tertiary alicyclic amines) is 1. The topological polar surface area (TPSA) is 47.2 Å². The molecule has 5 nitrogen and oxygen atoms in total. The first-order chi connectivity index (χ1) is 11.5. The van der Waals surface area contributed by atoms with Gasteiger partial charge in [-0.25, -0.2) is 0 Å². The van der Waals surface area contributed by atoms with Gasteiger partial charge >= 0.3 is 0 Å². The lowest BCUT2D eigenvalue weighted by Crippen LogP contribution is -2.49. The van der Waals surface area contributed by atoms with E-state index >= 15 is 0 Å². The molecule has 2 aromatic heterocycles. The normalized spacial score (nSPS) is 22.3. The fourth-order valence-corrected chi connectivity index (χ4v) is 4.28. The molecule has 0 aromatic carbocycles. The Bertz CT molecular complexity index is 829. The number of piperidine rings is 1. The first kappa shape index (κ1) is 15.2. The minimum atomic E-state index is 0.0839. The number of carbonyl (C=O) groups is 1. The zero-order valence-electron chi connectivity index (χ0n) is 14.2. The van der Waals surface area contributed by atoms with Crippen LogP contribution in [0.25, 0.3) is 0 Å². The van der Waals surface area contributed by atoms with E-state index in [0.717, 1.165) is 43.1 Å². The van der Waals surface area contributed by atoms with E-state index in [1.54, 1.807) is 6.07 Å². The largest absolute Gasteiger partial charge is 0.340 e. The minimum absolute atomic E-state index is 0.0839. The van der Waals surface area contributed by atoms with Crippen molar-refractivity contribution in [1.29, 1.82) is 0 Å². The van der Waals surface area contributed by atoms with Gasteiger partial charge < -0.3 is 14.0 Å². The highest BCUT2D eigenvalue weighted by molar-refractivity contribution is 5.76. The number of nitrogens with zero attached hydrogens (tertiary/aromatic N) is 3. The number of pyridine rings is 1. The molecule has 2 bridgehead atoms. The number of aromatic nitrogens is 2. The molecule has 5 heteroatoms. The second-order valence-electron chi connectivity index (χ2n) is 7.20. The molecule has 24 heavy (non-hydrogen) atoms. The lowest BCUT2D eigenvalue weighted by atomic mass is 9.83. The smallest absolute Gasteiger partial charge is 0.250 e. The van der Waals surface area contributed by atoms with Crippen LogP contribution < -0.4 is 5.56 Å². The van der Waals surface area contributed by atoms with Gasteiger partial charge in [-0.05, 0) is 44.4 Å². The first-order valence-corrected chi connectivity index (χ1v) is 8.63. The van der Waals surface area contributed by atoms with Crippen LogP contribution >= 0.6 is 0 Å². The van der Waals surface area contributed by atoms with Gasteiger partial charge in [0.25, 0.3) is 5.56 Å². The van der Waals surface area contributed by atoms with Crippen LogP contribution in [0.2, 0.25) is 0 Å². The van der Waals surface area contributed by atoms with Crippen molar-refractivity contribution in [1.82, 2.24) is 14.0 Å². The third-order valence-corrected chi connectivity index (χ3v) is 5.54. The number of rotatable bonds is 2. The molecular weight excluding hydrogens is 302 g/mol. The van der Waals surface area contributed by atoms with Crippen LogP contribution in [0.4, 0.5) is 0 Å². The van der Waals surface area contributed by atoms with Gasteiger partial charge in [-0.3, -0.25) is 9.59 Å². The standard InChI is InChI=1S/C19H23N3O2/c1-13-6-7-14(2)21(13)12-19(24)20-9-15-8-16(11-20)17-4-3-5-18(23)22(17)10-15/h3-7,15-16H,8-12H2,1-2H3/t15-,16+/m1/s1. The second-order valence-corrected chi connectivity index (χ2v) is 7.20. The molecule has 0 N–H and O–H groups in total. The highest BCUT2D eigenvalue weighted by Gasteiger charge is 2.36. The number of amides is 1. The number of hydrogen-bond acceptors (Lipinski definition) is 2. The van der Waals surface area contributed by atoms with Crippen LogP contribution in [0.3, 0.4) is 0 Å². The minimum Gasteiger partial charge on any atom is -0.340 e. The number of fused-ring (bicyclic) bond motifs is 4. The maximum atomic E-state index is 12.8. The summed E-state index contributed by atoms with van der Waals surface area (Å²) in [6.45, 7) is 6.69. The van der Waals surface area contributed by atoms with Gasteiger partial charge in [-0.1, -0.05) is 6.07 Å². The molecule has 1 fully saturated rings. The van der Waals surface area contributed by atoms with E-state index in [0.29, 0.717) is 12.5 Å². The zero-order valence-corrected chi connectivity index (χ0v) is 14.2. The summed E-state index contributed by atoms with van der Waals surface area (Å²) >= 11 is 0. The van der Waals surface area contributed by atoms with Crippen LogP contribution in [0.1, 0.15) is 29.4 Å². The van der Waals surface area contributed by atoms with E-state index in [-0.39, 0.29) is 17.4 Å². The van der Waals surface area contributed by atoms with E-state index in [1.807, 2.05) is 35.4 Å². The Morgan fingerprint density at radius 2 is 1.83 bits per heavy atom. The highest BCUT2D eigenvalue weighted by Crippen LogP contribution is 2.35. The maximum Gasteiger partial charge on any atom is 0.250 e. The zero-order chi connectivity index (χ0) is 16.8. The van der Waals surface area contributed by atoms with Gasteiger partial charge in [0, 0.05) is 48.7 Å². The van der Waals surface area contributed by atoms with Gasteiger partial charge in [0.2, 0.25) is 5.91 Å². The number of hydrogen-bond donors (Lipinski definition) is 0. The molecule has 1 amide bonds. The molecule has 126 valence electrons. The van der Waals surface area contributed by atoms with Gasteiger partial charge in [-0.15, -0.1) is 0 Å². The highest BCUT2D eigenvalue weighted by atomic mass is 16.2. The number of carbonyl (C=O) groups excluding carboxylic acids is 1. The van der Waals surface area contributed by atoms with Gasteiger partial charge in [0.05, 0.1) is 0 Å². The molecule has 2 aliphatic heterocycles. The Balaban J connectivity index is 1.56. The molecule has 4 heterocycles. The average Bonchev–Trinajstić information content (AvgIpc) is 2.87. The van der Waals surface area contributed by atoms with Crippen molar-refractivity contribution < 1.29 is 4.79 Å². The molecule has 0 radical (unpaired) electrons. The third kappa shape index (κ3) is 2.48. The first-order valence-electron chi connectivity index (χ1n) is 8.63. The molecule has 2 atom stereocenters. The van der Waals surface area contributed by atoms with Gasteiger partial charge in [-0.2, -0.15) is 0 Å². The molecule has 2 aromatic rings. The summed E-state index contributed by atoms with van der Waals surface area (Å²) in [7, 11) is 0. The van der Waals surface area contributed by atoms with Crippen LogP contribution in [-0.2, 0) is 17.9 Å². The Hall–Kier alpha value is -2.30. The fourth-order valence-electron chi connectivity index (χ4n) is 4.28. The predicted molar refractivity (Wildman–Crippen MR) is 92.0 cm³/mol. The molecular formula is C19H23N3O2. The van der Waals surface area contributed by atoms with Gasteiger partial charge in [0.1, 0.15) is 6.54 Å². The Morgan fingerprint density at radius 3 is 2.58 bits per heavy atom. The van der Waals surface area contributed by atoms with E-state index in [9.17, 15) is 9.59 Å². The molecule has 0 spiro atoms. The molecule has 0 saturated carbocycles. The maximum absolute atomic E-state index is 12.8. The van der Waals surface area contributed by atoms with E-state index in [2.05, 4.69) is 16.7 Å². The van der Waals surface area contributed by atoms with Crippen molar-refractivity contribution in [2.24, 2.45) is 5.92 Å². The van der Waals surface area contributed by atoms with Crippen LogP contribution in [0.5, 0.6) is 0 Å². The third-order valence-electron chi connectivity index (χ3n) is 5.54. The molecule has 2 aliphatic rings. The average molecular weight is 325 g/mol. The summed E-state index contributed by atoms with van der Waals surface area (Å²) in [6, 6.07) is 9.61. The lowest BCUT2D eigenvalue weighted by Gasteiger charge is -2.42.